The molecule has 0 aromatic heterocycles. The summed E-state index contributed by atoms with van der Waals surface area (Å²) in [4.78, 5) is 0. The van der Waals surface area contributed by atoms with Crippen molar-refractivity contribution in [3.05, 3.63) is 0 Å². The summed E-state index contributed by atoms with van der Waals surface area (Å²) in [7, 11) is -4.67. The molecule has 6 N–H and O–H groups in total. The normalized spacial score (nSPS) is 8.00. The van der Waals surface area contributed by atoms with Crippen LogP contribution in [0.15, 0.2) is 0 Å². The molecule has 0 aliphatic carbocycles. The Morgan fingerprint density at radius 2 is 1.25 bits per heavy atom. The van der Waals surface area contributed by atoms with Gasteiger partial charge in [0.1, 0.15) is 0 Å². The largest absolute Gasteiger partial charge is 1.00 e. The summed E-state index contributed by atoms with van der Waals surface area (Å²) >= 11 is 0. The van der Waals surface area contributed by atoms with Crippen LogP contribution >= 0.6 is 0 Å². The smallest absolute Gasteiger partial charge is 1.00 e. The molecule has 0 spiro atoms. The Morgan fingerprint density at radius 3 is 1.25 bits per heavy atom. The van der Waals surface area contributed by atoms with Crippen molar-refractivity contribution < 1.29 is 48.5 Å². The fraction of sp³-hybridized carbons (Fsp3) is 0. The summed E-state index contributed by atoms with van der Waals surface area (Å²) in [6, 6.07) is 0. The minimum Gasteiger partial charge on any atom is -1.00 e. The maximum atomic E-state index is 8.74. The molecule has 8 heavy (non-hydrogen) atoms. The molecular formula is H7N2NaO4S. The second-order valence-corrected chi connectivity index (χ2v) is 1.34. The van der Waals surface area contributed by atoms with Crippen molar-refractivity contribution >= 4 is 10.4 Å². The van der Waals surface area contributed by atoms with Gasteiger partial charge in [-0.3, -0.25) is 20.8 Å². The van der Waals surface area contributed by atoms with Crippen molar-refractivity contribution in [2.75, 3.05) is 0 Å². The van der Waals surface area contributed by atoms with Crippen LogP contribution in [0.25, 0.3) is 0 Å². The van der Waals surface area contributed by atoms with Crippen molar-refractivity contribution in [3.63, 3.8) is 0 Å². The van der Waals surface area contributed by atoms with Gasteiger partial charge >= 0.3 is 40.0 Å². The van der Waals surface area contributed by atoms with Gasteiger partial charge in [-0.15, -0.1) is 0 Å². The molecule has 0 aliphatic rings. The molecule has 0 saturated heterocycles. The van der Waals surface area contributed by atoms with Crippen molar-refractivity contribution in [3.8, 4) is 0 Å². The van der Waals surface area contributed by atoms with Gasteiger partial charge in [0.2, 0.25) is 0 Å². The molecule has 0 aromatic rings. The van der Waals surface area contributed by atoms with Crippen molar-refractivity contribution in [1.29, 1.82) is 0 Å². The van der Waals surface area contributed by atoms with Crippen LogP contribution in [0.4, 0.5) is 0 Å². The van der Waals surface area contributed by atoms with Gasteiger partial charge in [0, 0.05) is 0 Å². The van der Waals surface area contributed by atoms with Gasteiger partial charge < -0.3 is 1.43 Å². The van der Waals surface area contributed by atoms with E-state index in [-0.39, 0.29) is 31.0 Å². The molecule has 0 aromatic carbocycles. The maximum absolute atomic E-state index is 8.74. The van der Waals surface area contributed by atoms with Crippen LogP contribution < -0.4 is 41.2 Å². The van der Waals surface area contributed by atoms with Crippen LogP contribution in [0.1, 0.15) is 1.43 Å². The zero-order valence-corrected chi connectivity index (χ0v) is 7.09. The van der Waals surface area contributed by atoms with Crippen molar-refractivity contribution in [1.82, 2.24) is 0 Å². The molecule has 8 heteroatoms. The zero-order valence-electron chi connectivity index (χ0n) is 5.27. The Hall–Kier alpha value is 0.790. The molecule has 0 fully saturated rings. The van der Waals surface area contributed by atoms with E-state index in [2.05, 4.69) is 11.7 Å². The molecule has 0 bridgehead atoms. The first-order valence-corrected chi connectivity index (χ1v) is 2.43. The van der Waals surface area contributed by atoms with E-state index < -0.39 is 10.4 Å². The van der Waals surface area contributed by atoms with Crippen LogP contribution in [0, 0.1) is 0 Å². The van der Waals surface area contributed by atoms with Crippen molar-refractivity contribution in [2.24, 2.45) is 11.7 Å². The number of hydrogen-bond acceptors (Lipinski definition) is 4. The van der Waals surface area contributed by atoms with E-state index in [4.69, 9.17) is 17.5 Å². The summed E-state index contributed by atoms with van der Waals surface area (Å²) in [6.45, 7) is 0. The third-order valence-electron chi connectivity index (χ3n) is 0. The van der Waals surface area contributed by atoms with Gasteiger partial charge in [-0.05, 0) is 0 Å². The molecular weight excluding hydrogens is 147 g/mol. The summed E-state index contributed by atoms with van der Waals surface area (Å²) in [6.07, 6.45) is 0. The van der Waals surface area contributed by atoms with Gasteiger partial charge in [-0.2, -0.15) is 8.42 Å². The number of rotatable bonds is 0. The monoisotopic (exact) mass is 154 g/mol. The summed E-state index contributed by atoms with van der Waals surface area (Å²) in [5.74, 6) is 8.00. The molecule has 0 unspecified atom stereocenters. The fourth-order valence-electron chi connectivity index (χ4n) is 0. The second kappa shape index (κ2) is 7.79. The predicted molar refractivity (Wildman–Crippen MR) is 23.7 cm³/mol. The van der Waals surface area contributed by atoms with E-state index in [1.807, 2.05) is 0 Å². The maximum Gasteiger partial charge on any atom is 1.00 e. The number of hydrazine groups is 1. The first kappa shape index (κ1) is 15.9. The second-order valence-electron chi connectivity index (χ2n) is 0.448. The molecule has 0 aliphatic heterocycles. The van der Waals surface area contributed by atoms with Crippen LogP contribution in [0.3, 0.4) is 0 Å². The Morgan fingerprint density at radius 1 is 1.25 bits per heavy atom. The Balaban J connectivity index is -0.0000000286. The van der Waals surface area contributed by atoms with Gasteiger partial charge in [0.05, 0.1) is 0 Å². The third-order valence-corrected chi connectivity index (χ3v) is 0. The fourth-order valence-corrected chi connectivity index (χ4v) is 0. The molecule has 0 saturated carbocycles. The first-order valence-electron chi connectivity index (χ1n) is 1.03. The molecule has 0 rings (SSSR count). The van der Waals surface area contributed by atoms with Gasteiger partial charge in [0.25, 0.3) is 0 Å². The SMILES string of the molecule is NN.O=S(=O)(O)O.[H-].[Na+]. The van der Waals surface area contributed by atoms with E-state index in [9.17, 15) is 0 Å². The van der Waals surface area contributed by atoms with E-state index in [1.54, 1.807) is 0 Å². The van der Waals surface area contributed by atoms with Crippen LogP contribution in [0.5, 0.6) is 0 Å². The molecule has 0 radical (unpaired) electrons. The van der Waals surface area contributed by atoms with Gasteiger partial charge in [0.15, 0.2) is 0 Å². The molecule has 6 nitrogen and oxygen atoms in total. The van der Waals surface area contributed by atoms with E-state index in [0.29, 0.717) is 0 Å². The first-order chi connectivity index (χ1) is 3.00. The Labute approximate surface area is 70.6 Å². The minimum absolute atomic E-state index is 0. The number of nitrogens with two attached hydrogens (primary N) is 2. The Bertz CT molecular complexity index is 102. The predicted octanol–water partition coefficient (Wildman–Crippen LogP) is -4.72. The summed E-state index contributed by atoms with van der Waals surface area (Å²) < 4.78 is 31.6. The van der Waals surface area contributed by atoms with E-state index >= 15 is 0 Å². The topological polar surface area (TPSA) is 127 Å². The van der Waals surface area contributed by atoms with Gasteiger partial charge in [-0.25, -0.2) is 0 Å². The quantitative estimate of drug-likeness (QED) is 0.120. The average Bonchev–Trinajstić information content (AvgIpc) is 1.36. The van der Waals surface area contributed by atoms with Crippen LogP contribution in [0.2, 0.25) is 0 Å². The third kappa shape index (κ3) is 365. The number of hydrogen-bond donors (Lipinski definition) is 4. The average molecular weight is 154 g/mol. The van der Waals surface area contributed by atoms with E-state index in [0.717, 1.165) is 0 Å². The molecule has 0 amide bonds. The molecule has 48 valence electrons. The summed E-state index contributed by atoms with van der Waals surface area (Å²) in [5, 5.41) is 0. The van der Waals surface area contributed by atoms with E-state index in [1.165, 1.54) is 0 Å². The van der Waals surface area contributed by atoms with Crippen LogP contribution in [-0.4, -0.2) is 17.5 Å². The Kier molecular flexibility index (Phi) is 15.5. The standard InChI is InChI=1S/H4N2.Na.H2O4S.H/c1-2;;1-5(2,3)4;/h1-2H2;;(H2,1,2,3,4);/q;+1;;-1. The van der Waals surface area contributed by atoms with Crippen LogP contribution in [-0.2, 0) is 10.4 Å². The molecule has 0 heterocycles. The minimum atomic E-state index is -4.67. The van der Waals surface area contributed by atoms with Gasteiger partial charge in [-0.1, -0.05) is 0 Å². The zero-order chi connectivity index (χ0) is 6.50. The van der Waals surface area contributed by atoms with Crippen molar-refractivity contribution in [2.45, 2.75) is 0 Å². The molecule has 0 atom stereocenters. The summed E-state index contributed by atoms with van der Waals surface area (Å²) in [5.41, 5.74) is 0.